The van der Waals surface area contributed by atoms with Crippen LogP contribution in [0.4, 0.5) is 0 Å². The number of amides is 1. The third-order valence-electron chi connectivity index (χ3n) is 2.48. The average Bonchev–Trinajstić information content (AvgIpc) is 2.92. The lowest BCUT2D eigenvalue weighted by atomic mass is 10.1. The van der Waals surface area contributed by atoms with Crippen molar-refractivity contribution in [3.63, 3.8) is 0 Å². The molecule has 19 heavy (non-hydrogen) atoms. The van der Waals surface area contributed by atoms with Gasteiger partial charge < -0.3 is 11.1 Å². The first-order valence-electron chi connectivity index (χ1n) is 5.55. The van der Waals surface area contributed by atoms with Crippen LogP contribution in [-0.4, -0.2) is 38.7 Å². The molecule has 2 aromatic rings. The van der Waals surface area contributed by atoms with E-state index >= 15 is 0 Å². The second kappa shape index (κ2) is 6.81. The number of hydrogen-bond donors (Lipinski definition) is 2. The van der Waals surface area contributed by atoms with E-state index < -0.39 is 0 Å². The largest absolute Gasteiger partial charge is 0.348 e. The molecule has 1 atom stereocenters. The summed E-state index contributed by atoms with van der Waals surface area (Å²) in [6, 6.07) is 7.02. The fourth-order valence-electron chi connectivity index (χ4n) is 1.50. The minimum absolute atomic E-state index is 0. The van der Waals surface area contributed by atoms with Gasteiger partial charge in [0.15, 0.2) is 0 Å². The Balaban J connectivity index is 0.00000180. The quantitative estimate of drug-likeness (QED) is 0.832. The number of para-hydroxylation sites is 1. The van der Waals surface area contributed by atoms with E-state index in [1.165, 1.54) is 11.0 Å². The van der Waals surface area contributed by atoms with Crippen LogP contribution in [0.5, 0.6) is 0 Å². The standard InChI is InChI=1S/C11H14N6O.ClH/c1-8(6-12)14-11(18)9-4-2-3-5-10(9)17-7-13-15-16-17;/h2-5,7-8H,6,12H2,1H3,(H,14,18);1H/t8-;/m0./s1. The number of aromatic nitrogens is 4. The Hall–Kier alpha value is -1.99. The van der Waals surface area contributed by atoms with E-state index in [1.807, 2.05) is 13.0 Å². The van der Waals surface area contributed by atoms with Gasteiger partial charge in [0.05, 0.1) is 11.3 Å². The highest BCUT2D eigenvalue weighted by Gasteiger charge is 2.14. The molecule has 8 heteroatoms. The van der Waals surface area contributed by atoms with Crippen molar-refractivity contribution in [1.82, 2.24) is 25.5 Å². The molecule has 0 aliphatic rings. The van der Waals surface area contributed by atoms with Gasteiger partial charge in [-0.3, -0.25) is 4.79 Å². The van der Waals surface area contributed by atoms with E-state index in [2.05, 4.69) is 20.8 Å². The van der Waals surface area contributed by atoms with E-state index in [4.69, 9.17) is 5.73 Å². The first kappa shape index (κ1) is 15.1. The maximum Gasteiger partial charge on any atom is 0.253 e. The third kappa shape index (κ3) is 3.49. The van der Waals surface area contributed by atoms with Gasteiger partial charge in [0.25, 0.3) is 5.91 Å². The Morgan fingerprint density at radius 1 is 1.47 bits per heavy atom. The predicted molar refractivity (Wildman–Crippen MR) is 72.4 cm³/mol. The third-order valence-corrected chi connectivity index (χ3v) is 2.48. The smallest absolute Gasteiger partial charge is 0.253 e. The lowest BCUT2D eigenvalue weighted by Gasteiger charge is -2.13. The molecular formula is C11H15ClN6O. The SMILES string of the molecule is C[C@@H](CN)NC(=O)c1ccccc1-n1cnnn1.Cl. The number of hydrogen-bond acceptors (Lipinski definition) is 5. The second-order valence-electron chi connectivity index (χ2n) is 3.88. The Morgan fingerprint density at radius 3 is 2.84 bits per heavy atom. The number of tetrazole rings is 1. The van der Waals surface area contributed by atoms with Crippen LogP contribution in [0.25, 0.3) is 5.69 Å². The molecule has 0 aliphatic carbocycles. The van der Waals surface area contributed by atoms with E-state index in [0.717, 1.165) is 0 Å². The van der Waals surface area contributed by atoms with Gasteiger partial charge in [0, 0.05) is 12.6 Å². The average molecular weight is 283 g/mol. The molecule has 0 spiro atoms. The minimum atomic E-state index is -0.195. The van der Waals surface area contributed by atoms with Gasteiger partial charge >= 0.3 is 0 Å². The molecule has 0 radical (unpaired) electrons. The van der Waals surface area contributed by atoms with Crippen LogP contribution < -0.4 is 11.1 Å². The fraction of sp³-hybridized carbons (Fsp3) is 0.273. The number of nitrogens with zero attached hydrogens (tertiary/aromatic N) is 4. The monoisotopic (exact) mass is 282 g/mol. The molecule has 0 bridgehead atoms. The summed E-state index contributed by atoms with van der Waals surface area (Å²) in [6.07, 6.45) is 1.44. The first-order valence-corrected chi connectivity index (χ1v) is 5.55. The zero-order valence-corrected chi connectivity index (χ0v) is 11.2. The normalized spacial score (nSPS) is 11.5. The fourth-order valence-corrected chi connectivity index (χ4v) is 1.50. The molecule has 0 fully saturated rings. The topological polar surface area (TPSA) is 98.7 Å². The molecule has 1 amide bonds. The van der Waals surface area contributed by atoms with Crippen molar-refractivity contribution in [1.29, 1.82) is 0 Å². The van der Waals surface area contributed by atoms with Gasteiger partial charge in [0.2, 0.25) is 0 Å². The Bertz CT molecular complexity index is 530. The van der Waals surface area contributed by atoms with Gasteiger partial charge in [-0.25, -0.2) is 0 Å². The summed E-state index contributed by atoms with van der Waals surface area (Å²) < 4.78 is 1.45. The lowest BCUT2D eigenvalue weighted by Crippen LogP contribution is -2.38. The molecule has 0 saturated carbocycles. The molecule has 2 rings (SSSR count). The van der Waals surface area contributed by atoms with Crippen molar-refractivity contribution < 1.29 is 4.79 Å². The van der Waals surface area contributed by atoms with Crippen molar-refractivity contribution in [3.8, 4) is 5.69 Å². The van der Waals surface area contributed by atoms with Crippen LogP contribution in [0.2, 0.25) is 0 Å². The molecule has 102 valence electrons. The molecule has 0 aliphatic heterocycles. The number of nitrogens with one attached hydrogen (secondary N) is 1. The molecule has 0 unspecified atom stereocenters. The summed E-state index contributed by atoms with van der Waals surface area (Å²) in [7, 11) is 0. The Kier molecular flexibility index (Phi) is 5.40. The van der Waals surface area contributed by atoms with Crippen LogP contribution in [-0.2, 0) is 0 Å². The molecule has 1 aromatic heterocycles. The Labute approximate surface area is 116 Å². The summed E-state index contributed by atoms with van der Waals surface area (Å²) in [4.78, 5) is 12.1. The molecule has 1 aromatic carbocycles. The summed E-state index contributed by atoms with van der Waals surface area (Å²) in [5.41, 5.74) is 6.61. The number of carbonyl (C=O) groups excluding carboxylic acids is 1. The van der Waals surface area contributed by atoms with Gasteiger partial charge in [-0.05, 0) is 29.5 Å². The number of carbonyl (C=O) groups is 1. The number of halogens is 1. The molecule has 3 N–H and O–H groups in total. The second-order valence-corrected chi connectivity index (χ2v) is 3.88. The molecular weight excluding hydrogens is 268 g/mol. The van der Waals surface area contributed by atoms with Crippen molar-refractivity contribution in [3.05, 3.63) is 36.2 Å². The summed E-state index contributed by atoms with van der Waals surface area (Å²) in [5.74, 6) is -0.195. The number of nitrogens with two attached hydrogens (primary N) is 1. The van der Waals surface area contributed by atoms with Crippen LogP contribution in [0, 0.1) is 0 Å². The van der Waals surface area contributed by atoms with E-state index in [9.17, 15) is 4.79 Å². The highest BCUT2D eigenvalue weighted by molar-refractivity contribution is 5.97. The van der Waals surface area contributed by atoms with E-state index in [1.54, 1.807) is 18.2 Å². The van der Waals surface area contributed by atoms with E-state index in [0.29, 0.717) is 17.8 Å². The molecule has 7 nitrogen and oxygen atoms in total. The number of rotatable bonds is 4. The van der Waals surface area contributed by atoms with E-state index in [-0.39, 0.29) is 24.4 Å². The van der Waals surface area contributed by atoms with Crippen LogP contribution in [0.1, 0.15) is 17.3 Å². The highest BCUT2D eigenvalue weighted by Crippen LogP contribution is 2.12. The van der Waals surface area contributed by atoms with Gasteiger partial charge in [-0.15, -0.1) is 17.5 Å². The Morgan fingerprint density at radius 2 is 2.21 bits per heavy atom. The maximum absolute atomic E-state index is 12.1. The minimum Gasteiger partial charge on any atom is -0.348 e. The van der Waals surface area contributed by atoms with Crippen molar-refractivity contribution >= 4 is 18.3 Å². The van der Waals surface area contributed by atoms with Crippen LogP contribution >= 0.6 is 12.4 Å². The van der Waals surface area contributed by atoms with Crippen molar-refractivity contribution in [2.45, 2.75) is 13.0 Å². The summed E-state index contributed by atoms with van der Waals surface area (Å²) in [6.45, 7) is 2.23. The van der Waals surface area contributed by atoms with Gasteiger partial charge in [-0.1, -0.05) is 12.1 Å². The zero-order chi connectivity index (χ0) is 13.0. The first-order chi connectivity index (χ1) is 8.72. The summed E-state index contributed by atoms with van der Waals surface area (Å²) in [5, 5.41) is 13.7. The molecule has 1 heterocycles. The van der Waals surface area contributed by atoms with Crippen LogP contribution in [0.15, 0.2) is 30.6 Å². The van der Waals surface area contributed by atoms with Crippen LogP contribution in [0.3, 0.4) is 0 Å². The zero-order valence-electron chi connectivity index (χ0n) is 10.4. The summed E-state index contributed by atoms with van der Waals surface area (Å²) >= 11 is 0. The van der Waals surface area contributed by atoms with Crippen molar-refractivity contribution in [2.75, 3.05) is 6.54 Å². The highest BCUT2D eigenvalue weighted by atomic mass is 35.5. The maximum atomic E-state index is 12.1. The van der Waals surface area contributed by atoms with Gasteiger partial charge in [0.1, 0.15) is 6.33 Å². The predicted octanol–water partition coefficient (Wildman–Crippen LogP) is 0.161. The van der Waals surface area contributed by atoms with Gasteiger partial charge in [-0.2, -0.15) is 4.68 Å². The van der Waals surface area contributed by atoms with Crippen molar-refractivity contribution in [2.24, 2.45) is 5.73 Å². The number of benzene rings is 1. The lowest BCUT2D eigenvalue weighted by molar-refractivity contribution is 0.0941. The molecule has 0 saturated heterocycles.